The normalized spacial score (nSPS) is 10.5. The van der Waals surface area contributed by atoms with Crippen molar-refractivity contribution in [2.75, 3.05) is 18.5 Å². The Labute approximate surface area is 134 Å². The van der Waals surface area contributed by atoms with Gasteiger partial charge in [-0.2, -0.15) is 0 Å². The van der Waals surface area contributed by atoms with E-state index in [2.05, 4.69) is 22.2 Å². The molecule has 0 atom stereocenters. The average Bonchev–Trinajstić information content (AvgIpc) is 2.47. The molecule has 0 aliphatic rings. The number of ether oxygens (including phenoxy) is 1. The standard InChI is InChI=1S/C15H17Cl2N3O/c1-3-5-19-15-13(17)7-12(16)14(20-15)10-6-11(21-4-2)9-18-8-10/h6-9H,3-5H2,1-2H3,(H,19,20). The summed E-state index contributed by atoms with van der Waals surface area (Å²) in [5.41, 5.74) is 1.43. The van der Waals surface area contributed by atoms with E-state index in [-0.39, 0.29) is 0 Å². The topological polar surface area (TPSA) is 47.0 Å². The summed E-state index contributed by atoms with van der Waals surface area (Å²) in [5, 5.41) is 4.18. The molecule has 2 aromatic heterocycles. The molecular weight excluding hydrogens is 309 g/mol. The first-order valence-electron chi connectivity index (χ1n) is 6.83. The fourth-order valence-corrected chi connectivity index (χ4v) is 2.36. The third-order valence-electron chi connectivity index (χ3n) is 2.77. The van der Waals surface area contributed by atoms with Crippen LogP contribution in [0, 0.1) is 0 Å². The summed E-state index contributed by atoms with van der Waals surface area (Å²) in [5.74, 6) is 1.31. The van der Waals surface area contributed by atoms with Crippen LogP contribution in [0.1, 0.15) is 20.3 Å². The third-order valence-corrected chi connectivity index (χ3v) is 3.35. The Balaban J connectivity index is 2.40. The lowest BCUT2D eigenvalue weighted by atomic mass is 10.2. The molecule has 0 saturated carbocycles. The van der Waals surface area contributed by atoms with E-state index in [4.69, 9.17) is 27.9 Å². The maximum absolute atomic E-state index is 6.26. The highest BCUT2D eigenvalue weighted by atomic mass is 35.5. The number of halogens is 2. The Morgan fingerprint density at radius 1 is 1.14 bits per heavy atom. The van der Waals surface area contributed by atoms with Crippen molar-refractivity contribution >= 4 is 29.0 Å². The smallest absolute Gasteiger partial charge is 0.145 e. The van der Waals surface area contributed by atoms with Crippen LogP contribution in [0.4, 0.5) is 5.82 Å². The van der Waals surface area contributed by atoms with Gasteiger partial charge in [0.25, 0.3) is 0 Å². The summed E-state index contributed by atoms with van der Waals surface area (Å²) in [4.78, 5) is 8.67. The second kappa shape index (κ2) is 7.48. The molecule has 0 fully saturated rings. The van der Waals surface area contributed by atoms with E-state index in [0.717, 1.165) is 18.5 Å². The molecule has 2 rings (SSSR count). The molecule has 4 nitrogen and oxygen atoms in total. The molecule has 0 bridgehead atoms. The first kappa shape index (κ1) is 15.9. The largest absolute Gasteiger partial charge is 0.492 e. The van der Waals surface area contributed by atoms with E-state index < -0.39 is 0 Å². The number of anilines is 1. The Bertz CT molecular complexity index is 620. The van der Waals surface area contributed by atoms with Crippen LogP contribution in [0.2, 0.25) is 10.0 Å². The minimum Gasteiger partial charge on any atom is -0.492 e. The quantitative estimate of drug-likeness (QED) is 0.838. The Morgan fingerprint density at radius 2 is 1.95 bits per heavy atom. The van der Waals surface area contributed by atoms with Gasteiger partial charge in [0.1, 0.15) is 11.6 Å². The lowest BCUT2D eigenvalue weighted by Crippen LogP contribution is -2.03. The van der Waals surface area contributed by atoms with Gasteiger partial charge in [-0.3, -0.25) is 4.98 Å². The second-order valence-electron chi connectivity index (χ2n) is 4.42. The number of nitrogens with one attached hydrogen (secondary N) is 1. The molecule has 2 heterocycles. The van der Waals surface area contributed by atoms with E-state index >= 15 is 0 Å². The lowest BCUT2D eigenvalue weighted by molar-refractivity contribution is 0.339. The van der Waals surface area contributed by atoms with Crippen LogP contribution < -0.4 is 10.1 Å². The second-order valence-corrected chi connectivity index (χ2v) is 5.23. The van der Waals surface area contributed by atoms with Gasteiger partial charge in [-0.15, -0.1) is 0 Å². The van der Waals surface area contributed by atoms with Gasteiger partial charge in [-0.25, -0.2) is 4.98 Å². The molecule has 0 saturated heterocycles. The summed E-state index contributed by atoms with van der Waals surface area (Å²) in [6, 6.07) is 3.55. The van der Waals surface area contributed by atoms with E-state index in [0.29, 0.717) is 33.9 Å². The molecule has 0 amide bonds. The van der Waals surface area contributed by atoms with Crippen molar-refractivity contribution in [2.24, 2.45) is 0 Å². The van der Waals surface area contributed by atoms with Crippen molar-refractivity contribution in [2.45, 2.75) is 20.3 Å². The zero-order chi connectivity index (χ0) is 15.2. The molecule has 0 radical (unpaired) electrons. The number of nitrogens with zero attached hydrogens (tertiary/aromatic N) is 2. The molecule has 0 spiro atoms. The number of hydrogen-bond donors (Lipinski definition) is 1. The van der Waals surface area contributed by atoms with Gasteiger partial charge in [-0.1, -0.05) is 30.1 Å². The van der Waals surface area contributed by atoms with E-state index in [9.17, 15) is 0 Å². The molecule has 21 heavy (non-hydrogen) atoms. The maximum Gasteiger partial charge on any atom is 0.145 e. The zero-order valence-corrected chi connectivity index (χ0v) is 13.5. The summed E-state index contributed by atoms with van der Waals surface area (Å²) < 4.78 is 5.45. The first-order valence-corrected chi connectivity index (χ1v) is 7.59. The van der Waals surface area contributed by atoms with Crippen molar-refractivity contribution < 1.29 is 4.74 Å². The molecule has 1 N–H and O–H groups in total. The van der Waals surface area contributed by atoms with Gasteiger partial charge in [0.15, 0.2) is 0 Å². The Kier molecular flexibility index (Phi) is 5.65. The Hall–Kier alpha value is -1.52. The number of rotatable bonds is 6. The van der Waals surface area contributed by atoms with Crippen molar-refractivity contribution in [3.63, 3.8) is 0 Å². The molecule has 0 unspecified atom stereocenters. The number of hydrogen-bond acceptors (Lipinski definition) is 4. The van der Waals surface area contributed by atoms with Crippen LogP contribution in [0.5, 0.6) is 5.75 Å². The van der Waals surface area contributed by atoms with Gasteiger partial charge < -0.3 is 10.1 Å². The van der Waals surface area contributed by atoms with Crippen molar-refractivity contribution in [3.8, 4) is 17.0 Å². The molecule has 6 heteroatoms. The zero-order valence-electron chi connectivity index (χ0n) is 12.0. The first-order chi connectivity index (χ1) is 10.2. The fraction of sp³-hybridized carbons (Fsp3) is 0.333. The van der Waals surface area contributed by atoms with Crippen molar-refractivity contribution in [1.82, 2.24) is 9.97 Å². The van der Waals surface area contributed by atoms with Crippen LogP contribution in [0.3, 0.4) is 0 Å². The molecule has 0 aliphatic heterocycles. The fourth-order valence-electron chi connectivity index (χ4n) is 1.83. The van der Waals surface area contributed by atoms with E-state index in [1.165, 1.54) is 0 Å². The van der Waals surface area contributed by atoms with Gasteiger partial charge in [0, 0.05) is 18.3 Å². The minimum absolute atomic E-state index is 0.484. The van der Waals surface area contributed by atoms with Crippen LogP contribution in [-0.4, -0.2) is 23.1 Å². The highest BCUT2D eigenvalue weighted by Gasteiger charge is 2.12. The van der Waals surface area contributed by atoms with Crippen LogP contribution in [-0.2, 0) is 0 Å². The van der Waals surface area contributed by atoms with Crippen LogP contribution in [0.15, 0.2) is 24.5 Å². The highest BCUT2D eigenvalue weighted by Crippen LogP contribution is 2.33. The van der Waals surface area contributed by atoms with Gasteiger partial charge >= 0.3 is 0 Å². The summed E-state index contributed by atoms with van der Waals surface area (Å²) in [6.45, 7) is 5.38. The van der Waals surface area contributed by atoms with E-state index in [1.807, 2.05) is 13.0 Å². The maximum atomic E-state index is 6.26. The number of pyridine rings is 2. The SMILES string of the molecule is CCCNc1nc(-c2cncc(OCC)c2)c(Cl)cc1Cl. The summed E-state index contributed by atoms with van der Waals surface area (Å²) >= 11 is 12.4. The predicted molar refractivity (Wildman–Crippen MR) is 87.4 cm³/mol. The monoisotopic (exact) mass is 325 g/mol. The highest BCUT2D eigenvalue weighted by molar-refractivity contribution is 6.37. The predicted octanol–water partition coefficient (Wildman–Crippen LogP) is 4.67. The Morgan fingerprint density at radius 3 is 2.67 bits per heavy atom. The van der Waals surface area contributed by atoms with Gasteiger partial charge in [0.05, 0.1) is 28.5 Å². The average molecular weight is 326 g/mol. The number of aromatic nitrogens is 2. The summed E-state index contributed by atoms with van der Waals surface area (Å²) in [7, 11) is 0. The lowest BCUT2D eigenvalue weighted by Gasteiger charge is -2.11. The van der Waals surface area contributed by atoms with E-state index in [1.54, 1.807) is 18.5 Å². The minimum atomic E-state index is 0.484. The van der Waals surface area contributed by atoms with Crippen LogP contribution in [0.25, 0.3) is 11.3 Å². The van der Waals surface area contributed by atoms with Crippen LogP contribution >= 0.6 is 23.2 Å². The molecule has 0 aliphatic carbocycles. The van der Waals surface area contributed by atoms with Crippen molar-refractivity contribution in [3.05, 3.63) is 34.6 Å². The molecule has 112 valence electrons. The summed E-state index contributed by atoms with van der Waals surface area (Å²) in [6.07, 6.45) is 4.35. The molecule has 0 aromatic carbocycles. The molecule has 2 aromatic rings. The van der Waals surface area contributed by atoms with Gasteiger partial charge in [0.2, 0.25) is 0 Å². The van der Waals surface area contributed by atoms with Gasteiger partial charge in [-0.05, 0) is 25.5 Å². The molecular formula is C15H17Cl2N3O. The van der Waals surface area contributed by atoms with Crippen molar-refractivity contribution in [1.29, 1.82) is 0 Å². The third kappa shape index (κ3) is 3.99.